The van der Waals surface area contributed by atoms with E-state index in [9.17, 15) is 4.39 Å². The number of fused-ring (bicyclic) bond motifs is 1. The van der Waals surface area contributed by atoms with Crippen molar-refractivity contribution in [2.75, 3.05) is 0 Å². The van der Waals surface area contributed by atoms with Crippen LogP contribution in [0.25, 0.3) is 0 Å². The molecule has 0 saturated carbocycles. The second-order valence-corrected chi connectivity index (χ2v) is 6.74. The van der Waals surface area contributed by atoms with Crippen LogP contribution >= 0.6 is 11.6 Å². The summed E-state index contributed by atoms with van der Waals surface area (Å²) in [4.78, 5) is 0. The summed E-state index contributed by atoms with van der Waals surface area (Å²) < 4.78 is 13.4. The number of rotatable bonds is 3. The van der Waals surface area contributed by atoms with Gasteiger partial charge in [0.05, 0.1) is 5.02 Å². The van der Waals surface area contributed by atoms with Gasteiger partial charge in [0.1, 0.15) is 5.82 Å². The third-order valence-electron chi connectivity index (χ3n) is 4.59. The Morgan fingerprint density at radius 2 is 1.88 bits per heavy atom. The normalized spacial score (nSPS) is 16.0. The Morgan fingerprint density at radius 3 is 2.62 bits per heavy atom. The summed E-state index contributed by atoms with van der Waals surface area (Å²) in [6, 6.07) is 11.1. The third kappa shape index (κ3) is 4.08. The van der Waals surface area contributed by atoms with Crippen LogP contribution in [0.1, 0.15) is 41.5 Å². The van der Waals surface area contributed by atoms with Gasteiger partial charge in [0.25, 0.3) is 0 Å². The standard InChI is InChI=1S/C22H20ClF/c1-2-3-4-16-7-10-20-14-17(8-11-19(20)13-16)5-6-18-9-12-21(23)22(24)15-18/h2,8-9,11-12,14-16H,1,3-4,7,10,13H2. The van der Waals surface area contributed by atoms with Gasteiger partial charge in [-0.2, -0.15) is 0 Å². The van der Waals surface area contributed by atoms with E-state index in [2.05, 4.69) is 36.6 Å². The number of benzene rings is 2. The van der Waals surface area contributed by atoms with E-state index in [1.165, 1.54) is 36.1 Å². The van der Waals surface area contributed by atoms with E-state index < -0.39 is 5.82 Å². The fourth-order valence-corrected chi connectivity index (χ4v) is 3.34. The number of hydrogen-bond donors (Lipinski definition) is 0. The first-order valence-electron chi connectivity index (χ1n) is 8.35. The van der Waals surface area contributed by atoms with Gasteiger partial charge in [-0.1, -0.05) is 35.6 Å². The predicted molar refractivity (Wildman–Crippen MR) is 98.8 cm³/mol. The van der Waals surface area contributed by atoms with Crippen LogP contribution in [0.5, 0.6) is 0 Å². The lowest BCUT2D eigenvalue weighted by atomic mass is 9.81. The first-order valence-corrected chi connectivity index (χ1v) is 8.73. The van der Waals surface area contributed by atoms with Gasteiger partial charge >= 0.3 is 0 Å². The minimum Gasteiger partial charge on any atom is -0.205 e. The smallest absolute Gasteiger partial charge is 0.143 e. The van der Waals surface area contributed by atoms with Gasteiger partial charge in [-0.3, -0.25) is 0 Å². The van der Waals surface area contributed by atoms with Gasteiger partial charge in [0.15, 0.2) is 0 Å². The molecule has 1 aliphatic carbocycles. The minimum atomic E-state index is -0.431. The van der Waals surface area contributed by atoms with Crippen LogP contribution in [0.15, 0.2) is 49.1 Å². The molecular formula is C22H20ClF. The van der Waals surface area contributed by atoms with Crippen LogP contribution in [0.2, 0.25) is 5.02 Å². The Bertz CT molecular complexity index is 810. The van der Waals surface area contributed by atoms with Gasteiger partial charge in [-0.25, -0.2) is 4.39 Å². The van der Waals surface area contributed by atoms with E-state index in [4.69, 9.17) is 11.6 Å². The molecule has 1 aliphatic rings. The molecule has 0 bridgehead atoms. The Morgan fingerprint density at radius 1 is 1.12 bits per heavy atom. The van der Waals surface area contributed by atoms with Crippen LogP contribution in [-0.2, 0) is 12.8 Å². The molecule has 0 saturated heterocycles. The van der Waals surface area contributed by atoms with Crippen molar-refractivity contribution in [2.45, 2.75) is 32.1 Å². The summed E-state index contributed by atoms with van der Waals surface area (Å²) in [5, 5.41) is 0.125. The number of allylic oxidation sites excluding steroid dienone is 1. The lowest BCUT2D eigenvalue weighted by molar-refractivity contribution is 0.430. The first kappa shape index (κ1) is 16.8. The maximum absolute atomic E-state index is 13.4. The lowest BCUT2D eigenvalue weighted by Gasteiger charge is -2.24. The summed E-state index contributed by atoms with van der Waals surface area (Å²) in [5.41, 5.74) is 4.46. The highest BCUT2D eigenvalue weighted by Gasteiger charge is 2.17. The zero-order valence-corrected chi connectivity index (χ0v) is 14.4. The molecule has 1 atom stereocenters. The summed E-state index contributed by atoms with van der Waals surface area (Å²) >= 11 is 5.69. The molecule has 2 heteroatoms. The maximum Gasteiger partial charge on any atom is 0.143 e. The summed E-state index contributed by atoms with van der Waals surface area (Å²) in [6.45, 7) is 3.81. The Balaban J connectivity index is 1.74. The molecule has 0 amide bonds. The zero-order chi connectivity index (χ0) is 16.9. The number of halogens is 2. The quantitative estimate of drug-likeness (QED) is 0.479. The summed E-state index contributed by atoms with van der Waals surface area (Å²) in [5.74, 6) is 6.48. The second-order valence-electron chi connectivity index (χ2n) is 6.34. The fourth-order valence-electron chi connectivity index (χ4n) is 3.23. The Hall–Kier alpha value is -2.04. The van der Waals surface area contributed by atoms with E-state index in [0.29, 0.717) is 5.56 Å². The average molecular weight is 339 g/mol. The lowest BCUT2D eigenvalue weighted by Crippen LogP contribution is -2.14. The molecule has 24 heavy (non-hydrogen) atoms. The molecule has 3 rings (SSSR count). The van der Waals surface area contributed by atoms with E-state index in [1.54, 1.807) is 6.07 Å². The molecule has 0 N–H and O–H groups in total. The van der Waals surface area contributed by atoms with Gasteiger partial charge in [-0.05, 0) is 79.5 Å². The van der Waals surface area contributed by atoms with E-state index >= 15 is 0 Å². The van der Waals surface area contributed by atoms with Crippen LogP contribution in [0, 0.1) is 23.6 Å². The highest BCUT2D eigenvalue weighted by Crippen LogP contribution is 2.29. The molecule has 0 heterocycles. The van der Waals surface area contributed by atoms with Gasteiger partial charge in [0.2, 0.25) is 0 Å². The van der Waals surface area contributed by atoms with Crippen molar-refractivity contribution in [3.05, 3.63) is 82.1 Å². The van der Waals surface area contributed by atoms with Crippen LogP contribution in [-0.4, -0.2) is 0 Å². The van der Waals surface area contributed by atoms with Crippen molar-refractivity contribution >= 4 is 11.6 Å². The Kier molecular flexibility index (Phi) is 5.38. The van der Waals surface area contributed by atoms with E-state index in [-0.39, 0.29) is 5.02 Å². The number of aryl methyl sites for hydroxylation is 1. The van der Waals surface area contributed by atoms with Gasteiger partial charge in [-0.15, -0.1) is 6.58 Å². The molecule has 0 aliphatic heterocycles. The summed E-state index contributed by atoms with van der Waals surface area (Å²) in [6.07, 6.45) is 7.84. The van der Waals surface area contributed by atoms with Crippen LogP contribution in [0.3, 0.4) is 0 Å². The Labute approximate surface area is 148 Å². The zero-order valence-electron chi connectivity index (χ0n) is 13.6. The maximum atomic E-state index is 13.4. The first-order chi connectivity index (χ1) is 11.7. The van der Waals surface area contributed by atoms with Crippen molar-refractivity contribution in [3.63, 3.8) is 0 Å². The van der Waals surface area contributed by atoms with Crippen molar-refractivity contribution in [1.29, 1.82) is 0 Å². The molecule has 0 spiro atoms. The van der Waals surface area contributed by atoms with E-state index in [1.807, 2.05) is 6.08 Å². The van der Waals surface area contributed by atoms with Crippen LogP contribution < -0.4 is 0 Å². The van der Waals surface area contributed by atoms with Crippen molar-refractivity contribution in [3.8, 4) is 11.8 Å². The summed E-state index contributed by atoms with van der Waals surface area (Å²) in [7, 11) is 0. The topological polar surface area (TPSA) is 0 Å². The molecule has 0 nitrogen and oxygen atoms in total. The average Bonchev–Trinajstić information content (AvgIpc) is 2.60. The number of hydrogen-bond acceptors (Lipinski definition) is 0. The monoisotopic (exact) mass is 338 g/mol. The molecule has 0 fully saturated rings. The van der Waals surface area contributed by atoms with E-state index in [0.717, 1.165) is 30.7 Å². The highest BCUT2D eigenvalue weighted by molar-refractivity contribution is 6.30. The van der Waals surface area contributed by atoms with Crippen LogP contribution in [0.4, 0.5) is 4.39 Å². The molecule has 122 valence electrons. The largest absolute Gasteiger partial charge is 0.205 e. The van der Waals surface area contributed by atoms with Crippen molar-refractivity contribution in [1.82, 2.24) is 0 Å². The molecular weight excluding hydrogens is 319 g/mol. The third-order valence-corrected chi connectivity index (χ3v) is 4.89. The second kappa shape index (κ2) is 7.69. The molecule has 1 unspecified atom stereocenters. The molecule has 2 aromatic carbocycles. The van der Waals surface area contributed by atoms with Crippen molar-refractivity contribution in [2.24, 2.45) is 5.92 Å². The molecule has 0 aromatic heterocycles. The molecule has 2 aromatic rings. The fraction of sp³-hybridized carbons (Fsp3) is 0.273. The molecule has 0 radical (unpaired) electrons. The van der Waals surface area contributed by atoms with Gasteiger partial charge in [0, 0.05) is 11.1 Å². The highest BCUT2D eigenvalue weighted by atomic mass is 35.5. The minimum absolute atomic E-state index is 0.125. The van der Waals surface area contributed by atoms with Crippen molar-refractivity contribution < 1.29 is 4.39 Å². The predicted octanol–water partition coefficient (Wildman–Crippen LogP) is 5.95. The SMILES string of the molecule is C=CCCC1CCc2cc(C#Cc3ccc(Cl)c(F)c3)ccc2C1. The van der Waals surface area contributed by atoms with Gasteiger partial charge < -0.3 is 0 Å².